The minimum Gasteiger partial charge on any atom is -0.326 e. The second-order valence-corrected chi connectivity index (χ2v) is 6.60. The maximum Gasteiger partial charge on any atom is 0.266 e. The normalized spacial score (nSPS) is 11.4. The molecule has 5 nitrogen and oxygen atoms in total. The molecule has 0 saturated heterocycles. The molecule has 0 aliphatic carbocycles. The minimum atomic E-state index is -3.63. The van der Waals surface area contributed by atoms with E-state index in [1.807, 2.05) is 0 Å². The van der Waals surface area contributed by atoms with E-state index in [0.29, 0.717) is 12.3 Å². The van der Waals surface area contributed by atoms with Gasteiger partial charge in [-0.3, -0.25) is 4.79 Å². The Morgan fingerprint density at radius 3 is 2.89 bits per heavy atom. The van der Waals surface area contributed by atoms with E-state index in [1.54, 1.807) is 17.8 Å². The smallest absolute Gasteiger partial charge is 0.266 e. The van der Waals surface area contributed by atoms with Crippen molar-refractivity contribution in [2.24, 2.45) is 0 Å². The molecule has 0 unspecified atom stereocenters. The molecule has 18 heavy (non-hydrogen) atoms. The fourth-order valence-corrected chi connectivity index (χ4v) is 3.06. The van der Waals surface area contributed by atoms with Crippen molar-refractivity contribution < 1.29 is 8.42 Å². The highest BCUT2D eigenvalue weighted by Gasteiger charge is 2.14. The van der Waals surface area contributed by atoms with Crippen molar-refractivity contribution in [3.05, 3.63) is 40.3 Å². The standard InChI is InChI=1S/C10H13ClN2O3S2/c1-2-4-17-5-3-13-18(15,16)8-6-9(11)10(14)12-7-8/h2,6-7,13H,1,3-5H2,(H,12,14). The number of pyridine rings is 1. The van der Waals surface area contributed by atoms with E-state index in [2.05, 4.69) is 16.3 Å². The summed E-state index contributed by atoms with van der Waals surface area (Å²) in [5.41, 5.74) is -0.517. The van der Waals surface area contributed by atoms with Crippen LogP contribution >= 0.6 is 23.4 Å². The second kappa shape index (κ2) is 6.98. The van der Waals surface area contributed by atoms with Crippen LogP contribution in [0.3, 0.4) is 0 Å². The maximum atomic E-state index is 11.8. The van der Waals surface area contributed by atoms with Crippen molar-refractivity contribution in [1.29, 1.82) is 0 Å². The summed E-state index contributed by atoms with van der Waals surface area (Å²) in [4.78, 5) is 13.2. The van der Waals surface area contributed by atoms with Gasteiger partial charge in [0.1, 0.15) is 5.02 Å². The fourth-order valence-electron chi connectivity index (χ4n) is 1.09. The number of nitrogens with one attached hydrogen (secondary N) is 2. The van der Waals surface area contributed by atoms with Crippen molar-refractivity contribution in [2.45, 2.75) is 4.90 Å². The number of hydrogen-bond donors (Lipinski definition) is 2. The Labute approximate surface area is 115 Å². The molecule has 100 valence electrons. The van der Waals surface area contributed by atoms with Gasteiger partial charge in [0.15, 0.2) is 0 Å². The molecule has 0 saturated carbocycles. The Kier molecular flexibility index (Phi) is 5.94. The van der Waals surface area contributed by atoms with Crippen molar-refractivity contribution in [3.8, 4) is 0 Å². The van der Waals surface area contributed by atoms with Crippen molar-refractivity contribution in [2.75, 3.05) is 18.1 Å². The van der Waals surface area contributed by atoms with Gasteiger partial charge in [0.2, 0.25) is 10.0 Å². The first-order valence-electron chi connectivity index (χ1n) is 5.04. The van der Waals surface area contributed by atoms with E-state index < -0.39 is 15.6 Å². The van der Waals surface area contributed by atoms with Crippen LogP contribution in [0, 0.1) is 0 Å². The van der Waals surface area contributed by atoms with Crippen LogP contribution in [0.15, 0.2) is 34.6 Å². The average Bonchev–Trinajstić information content (AvgIpc) is 2.32. The molecule has 0 spiro atoms. The number of sulfonamides is 1. The van der Waals surface area contributed by atoms with E-state index in [0.717, 1.165) is 18.0 Å². The van der Waals surface area contributed by atoms with Gasteiger partial charge in [-0.25, -0.2) is 13.1 Å². The topological polar surface area (TPSA) is 79.0 Å². The predicted octanol–water partition coefficient (Wildman–Crippen LogP) is 1.23. The molecule has 0 amide bonds. The molecular formula is C10H13ClN2O3S2. The number of H-pyrrole nitrogens is 1. The van der Waals surface area contributed by atoms with Crippen molar-refractivity contribution >= 4 is 33.4 Å². The predicted molar refractivity (Wildman–Crippen MR) is 74.8 cm³/mol. The maximum absolute atomic E-state index is 11.8. The monoisotopic (exact) mass is 308 g/mol. The van der Waals surface area contributed by atoms with E-state index in [-0.39, 0.29) is 9.92 Å². The molecule has 2 N–H and O–H groups in total. The third-order valence-corrected chi connectivity index (χ3v) is 4.60. The van der Waals surface area contributed by atoms with Crippen molar-refractivity contribution in [3.63, 3.8) is 0 Å². The Balaban J connectivity index is 2.65. The summed E-state index contributed by atoms with van der Waals surface area (Å²) in [6, 6.07) is 1.12. The lowest BCUT2D eigenvalue weighted by atomic mass is 10.5. The SMILES string of the molecule is C=CCSCCNS(=O)(=O)c1c[nH]c(=O)c(Cl)c1. The zero-order valence-corrected chi connectivity index (χ0v) is 11.9. The highest BCUT2D eigenvalue weighted by atomic mass is 35.5. The minimum absolute atomic E-state index is 0.0548. The highest BCUT2D eigenvalue weighted by Crippen LogP contribution is 2.10. The van der Waals surface area contributed by atoms with Crippen LogP contribution < -0.4 is 10.3 Å². The summed E-state index contributed by atoms with van der Waals surface area (Å²) in [6.07, 6.45) is 2.87. The van der Waals surface area contributed by atoms with Gasteiger partial charge in [0.25, 0.3) is 5.56 Å². The molecule has 1 aromatic rings. The lowest BCUT2D eigenvalue weighted by molar-refractivity contribution is 0.583. The first kappa shape index (κ1) is 15.3. The van der Waals surface area contributed by atoms with Gasteiger partial charge in [0, 0.05) is 24.2 Å². The highest BCUT2D eigenvalue weighted by molar-refractivity contribution is 7.99. The van der Waals surface area contributed by atoms with Gasteiger partial charge >= 0.3 is 0 Å². The second-order valence-electron chi connectivity index (χ2n) is 3.27. The largest absolute Gasteiger partial charge is 0.326 e. The summed E-state index contributed by atoms with van der Waals surface area (Å²) in [5, 5.41) is -0.154. The number of hydrogen-bond acceptors (Lipinski definition) is 4. The molecule has 1 rings (SSSR count). The van der Waals surface area contributed by atoms with Crippen LogP contribution in [0.5, 0.6) is 0 Å². The summed E-state index contributed by atoms with van der Waals surface area (Å²) in [5.74, 6) is 1.41. The molecule has 0 fully saturated rings. The molecule has 0 aromatic carbocycles. The molecule has 0 aliphatic rings. The number of rotatable bonds is 7. The summed E-state index contributed by atoms with van der Waals surface area (Å²) in [6.45, 7) is 3.87. The fraction of sp³-hybridized carbons (Fsp3) is 0.300. The lowest BCUT2D eigenvalue weighted by Gasteiger charge is -2.06. The van der Waals surface area contributed by atoms with Gasteiger partial charge in [-0.15, -0.1) is 6.58 Å². The van der Waals surface area contributed by atoms with Crippen molar-refractivity contribution in [1.82, 2.24) is 9.71 Å². The van der Waals surface area contributed by atoms with Gasteiger partial charge in [-0.05, 0) is 6.07 Å². The van der Waals surface area contributed by atoms with Gasteiger partial charge in [-0.1, -0.05) is 17.7 Å². The number of halogens is 1. The third kappa shape index (κ3) is 4.49. The van der Waals surface area contributed by atoms with Crippen LogP contribution in [0.2, 0.25) is 5.02 Å². The summed E-state index contributed by atoms with van der Waals surface area (Å²) >= 11 is 7.14. The number of aromatic amines is 1. The number of aromatic nitrogens is 1. The summed E-state index contributed by atoms with van der Waals surface area (Å²) in [7, 11) is -3.63. The van der Waals surface area contributed by atoms with Crippen LogP contribution in [-0.2, 0) is 10.0 Å². The zero-order valence-electron chi connectivity index (χ0n) is 9.48. The first-order valence-corrected chi connectivity index (χ1v) is 8.05. The molecule has 1 heterocycles. The third-order valence-electron chi connectivity index (χ3n) is 1.92. The van der Waals surface area contributed by atoms with E-state index in [9.17, 15) is 13.2 Å². The molecule has 8 heteroatoms. The first-order chi connectivity index (χ1) is 8.47. The Hall–Kier alpha value is -0.760. The summed E-state index contributed by atoms with van der Waals surface area (Å²) < 4.78 is 26.0. The average molecular weight is 309 g/mol. The Bertz CT molecular complexity index is 569. The van der Waals surface area contributed by atoms with E-state index in [4.69, 9.17) is 11.6 Å². The zero-order chi connectivity index (χ0) is 13.6. The lowest BCUT2D eigenvalue weighted by Crippen LogP contribution is -2.26. The van der Waals surface area contributed by atoms with E-state index in [1.165, 1.54) is 0 Å². The van der Waals surface area contributed by atoms with Crippen LogP contribution in [0.4, 0.5) is 0 Å². The van der Waals surface area contributed by atoms with Gasteiger partial charge < -0.3 is 4.98 Å². The molecule has 0 aliphatic heterocycles. The van der Waals surface area contributed by atoms with Crippen LogP contribution in [0.25, 0.3) is 0 Å². The molecule has 0 radical (unpaired) electrons. The van der Waals surface area contributed by atoms with E-state index >= 15 is 0 Å². The molecule has 0 bridgehead atoms. The van der Waals surface area contributed by atoms with Gasteiger partial charge in [0.05, 0.1) is 4.90 Å². The van der Waals surface area contributed by atoms with Crippen LogP contribution in [-0.4, -0.2) is 31.5 Å². The number of thioether (sulfide) groups is 1. The quantitative estimate of drug-likeness (QED) is 0.586. The molecular weight excluding hydrogens is 296 g/mol. The van der Waals surface area contributed by atoms with Gasteiger partial charge in [-0.2, -0.15) is 11.8 Å². The Morgan fingerprint density at radius 1 is 1.56 bits per heavy atom. The Morgan fingerprint density at radius 2 is 2.28 bits per heavy atom. The van der Waals surface area contributed by atoms with Crippen LogP contribution in [0.1, 0.15) is 0 Å². The molecule has 0 atom stereocenters. The molecule has 1 aromatic heterocycles.